The van der Waals surface area contributed by atoms with Crippen LogP contribution in [0.1, 0.15) is 30.2 Å². The molecule has 0 radical (unpaired) electrons. The second-order valence-electron chi connectivity index (χ2n) is 11.9. The molecule has 0 aliphatic carbocycles. The molecule has 0 bridgehead atoms. The molecule has 7 rings (SSSR count). The van der Waals surface area contributed by atoms with E-state index in [0.29, 0.717) is 5.92 Å². The standard InChI is InChI=1S/C34H39N5O2S/c1-34(40-2,22-24-7-4-3-5-8-24)25-12-15-38(16-13-25)23-26-21-30-31(42-26)33(39-17-19-41-20-18-39)37-32(36-30)28-9-6-10-29-27(28)11-14-35-29/h3-11,14,21,25,35H,12-13,15-20,22-23H2,1-2H3. The van der Waals surface area contributed by atoms with Crippen LogP contribution < -0.4 is 4.90 Å². The summed E-state index contributed by atoms with van der Waals surface area (Å²) in [4.78, 5) is 20.0. The Hall–Kier alpha value is -3.30. The Morgan fingerprint density at radius 2 is 1.81 bits per heavy atom. The van der Waals surface area contributed by atoms with Gasteiger partial charge in [0, 0.05) is 60.7 Å². The highest BCUT2D eigenvalue weighted by atomic mass is 32.1. The lowest BCUT2D eigenvalue weighted by Gasteiger charge is -2.42. The van der Waals surface area contributed by atoms with Crippen LogP contribution in [0.25, 0.3) is 32.5 Å². The van der Waals surface area contributed by atoms with Gasteiger partial charge in [0.25, 0.3) is 0 Å². The molecule has 2 aliphatic rings. The highest BCUT2D eigenvalue weighted by Gasteiger charge is 2.36. The van der Waals surface area contributed by atoms with Crippen molar-refractivity contribution in [3.8, 4) is 11.4 Å². The largest absolute Gasteiger partial charge is 0.378 e. The minimum atomic E-state index is -0.146. The molecule has 7 nitrogen and oxygen atoms in total. The fourth-order valence-corrected chi connectivity index (χ4v) is 7.89. The van der Waals surface area contributed by atoms with Crippen LogP contribution in [0.15, 0.2) is 66.9 Å². The van der Waals surface area contributed by atoms with E-state index in [0.717, 1.165) is 98.8 Å². The number of aromatic amines is 1. The summed E-state index contributed by atoms with van der Waals surface area (Å²) in [5.74, 6) is 2.37. The summed E-state index contributed by atoms with van der Waals surface area (Å²) in [5.41, 5.74) is 4.41. The molecule has 1 unspecified atom stereocenters. The number of thiophene rings is 1. The third-order valence-electron chi connectivity index (χ3n) is 9.25. The number of methoxy groups -OCH3 is 1. The van der Waals surface area contributed by atoms with Gasteiger partial charge in [-0.15, -0.1) is 11.3 Å². The van der Waals surface area contributed by atoms with E-state index in [1.165, 1.54) is 15.1 Å². The van der Waals surface area contributed by atoms with Gasteiger partial charge in [0.1, 0.15) is 0 Å². The molecule has 5 aromatic rings. The van der Waals surface area contributed by atoms with Crippen LogP contribution in [-0.4, -0.2) is 72.0 Å². The topological polar surface area (TPSA) is 66.5 Å². The molecule has 2 aromatic carbocycles. The van der Waals surface area contributed by atoms with Crippen molar-refractivity contribution in [3.63, 3.8) is 0 Å². The molecule has 0 spiro atoms. The fraction of sp³-hybridized carbons (Fsp3) is 0.412. The SMILES string of the molecule is COC(C)(Cc1ccccc1)C1CCN(Cc2cc3nc(-c4cccc5[nH]ccc45)nc(N4CCOCC4)c3s2)CC1. The lowest BCUT2D eigenvalue weighted by molar-refractivity contribution is -0.0629. The van der Waals surface area contributed by atoms with Crippen LogP contribution >= 0.6 is 11.3 Å². The average molecular weight is 582 g/mol. The summed E-state index contributed by atoms with van der Waals surface area (Å²) >= 11 is 1.85. The number of morpholine rings is 1. The van der Waals surface area contributed by atoms with E-state index in [1.807, 2.05) is 24.6 Å². The highest BCUT2D eigenvalue weighted by Crippen LogP contribution is 2.38. The Morgan fingerprint density at radius 1 is 1.00 bits per heavy atom. The molecule has 42 heavy (non-hydrogen) atoms. The number of anilines is 1. The predicted molar refractivity (Wildman–Crippen MR) is 171 cm³/mol. The van der Waals surface area contributed by atoms with E-state index in [9.17, 15) is 0 Å². The highest BCUT2D eigenvalue weighted by molar-refractivity contribution is 7.19. The van der Waals surface area contributed by atoms with Gasteiger partial charge < -0.3 is 19.4 Å². The first-order valence-corrected chi connectivity index (χ1v) is 15.9. The van der Waals surface area contributed by atoms with Crippen LogP contribution in [-0.2, 0) is 22.4 Å². The molecule has 0 amide bonds. The van der Waals surface area contributed by atoms with Gasteiger partial charge in [-0.3, -0.25) is 4.90 Å². The summed E-state index contributed by atoms with van der Waals surface area (Å²) < 4.78 is 13.0. The van der Waals surface area contributed by atoms with E-state index in [1.54, 1.807) is 0 Å². The van der Waals surface area contributed by atoms with Crippen molar-refractivity contribution < 1.29 is 9.47 Å². The zero-order valence-electron chi connectivity index (χ0n) is 24.5. The van der Waals surface area contributed by atoms with Gasteiger partial charge in [-0.1, -0.05) is 42.5 Å². The second-order valence-corrected chi connectivity index (χ2v) is 13.0. The normalized spacial score (nSPS) is 18.6. The fourth-order valence-electron chi connectivity index (χ4n) is 6.74. The lowest BCUT2D eigenvalue weighted by atomic mass is 9.78. The zero-order valence-corrected chi connectivity index (χ0v) is 25.3. The van der Waals surface area contributed by atoms with Crippen LogP contribution in [0.5, 0.6) is 0 Å². The summed E-state index contributed by atoms with van der Waals surface area (Å²) in [5, 5.41) is 1.15. The maximum Gasteiger partial charge on any atom is 0.162 e. The lowest BCUT2D eigenvalue weighted by Crippen LogP contribution is -2.45. The van der Waals surface area contributed by atoms with Crippen LogP contribution in [0, 0.1) is 5.92 Å². The Kier molecular flexibility index (Phi) is 7.71. The molecule has 0 saturated carbocycles. The van der Waals surface area contributed by atoms with Gasteiger partial charge in [0.05, 0.1) is 29.0 Å². The number of rotatable bonds is 8. The van der Waals surface area contributed by atoms with Crippen molar-refractivity contribution >= 4 is 38.3 Å². The number of benzene rings is 2. The quantitative estimate of drug-likeness (QED) is 0.225. The number of hydrogen-bond acceptors (Lipinski definition) is 7. The summed E-state index contributed by atoms with van der Waals surface area (Å²) in [6, 6.07) is 21.5. The first kappa shape index (κ1) is 27.5. The summed E-state index contributed by atoms with van der Waals surface area (Å²) in [6.45, 7) is 8.55. The van der Waals surface area contributed by atoms with Crippen LogP contribution in [0.4, 0.5) is 5.82 Å². The second kappa shape index (κ2) is 11.8. The van der Waals surface area contributed by atoms with E-state index in [4.69, 9.17) is 19.4 Å². The number of piperidine rings is 1. The molecule has 1 atom stereocenters. The molecular weight excluding hydrogens is 542 g/mol. The number of ether oxygens (including phenoxy) is 2. The smallest absolute Gasteiger partial charge is 0.162 e. The molecular formula is C34H39N5O2S. The monoisotopic (exact) mass is 581 g/mol. The average Bonchev–Trinajstić information content (AvgIpc) is 3.68. The molecule has 1 N–H and O–H groups in total. The number of nitrogens with one attached hydrogen (secondary N) is 1. The molecule has 2 saturated heterocycles. The maximum absolute atomic E-state index is 6.17. The van der Waals surface area contributed by atoms with Gasteiger partial charge in [-0.2, -0.15) is 0 Å². The molecule has 218 valence electrons. The third kappa shape index (κ3) is 5.44. The Labute approximate surface area is 251 Å². The number of fused-ring (bicyclic) bond motifs is 2. The third-order valence-corrected chi connectivity index (χ3v) is 10.4. The van der Waals surface area contributed by atoms with Gasteiger partial charge in [-0.25, -0.2) is 9.97 Å². The van der Waals surface area contributed by atoms with Crippen molar-refractivity contribution in [1.29, 1.82) is 0 Å². The minimum Gasteiger partial charge on any atom is -0.378 e. The number of likely N-dealkylation sites (tertiary alicyclic amines) is 1. The van der Waals surface area contributed by atoms with Gasteiger partial charge in [0.15, 0.2) is 11.6 Å². The number of hydrogen-bond donors (Lipinski definition) is 1. The summed E-state index contributed by atoms with van der Waals surface area (Å²) in [7, 11) is 1.88. The molecule has 8 heteroatoms. The van der Waals surface area contributed by atoms with E-state index in [2.05, 4.69) is 82.4 Å². The minimum absolute atomic E-state index is 0.146. The Balaban J connectivity index is 1.12. The van der Waals surface area contributed by atoms with E-state index in [-0.39, 0.29) is 5.60 Å². The number of H-pyrrole nitrogens is 1. The first-order valence-electron chi connectivity index (χ1n) is 15.1. The van der Waals surface area contributed by atoms with Gasteiger partial charge in [0.2, 0.25) is 0 Å². The van der Waals surface area contributed by atoms with Crippen molar-refractivity contribution in [3.05, 3.63) is 77.3 Å². The molecule has 3 aromatic heterocycles. The number of nitrogens with zero attached hydrogens (tertiary/aromatic N) is 4. The van der Waals surface area contributed by atoms with Crippen molar-refractivity contribution in [1.82, 2.24) is 19.9 Å². The van der Waals surface area contributed by atoms with E-state index < -0.39 is 0 Å². The van der Waals surface area contributed by atoms with Gasteiger partial charge >= 0.3 is 0 Å². The molecule has 5 heterocycles. The first-order chi connectivity index (χ1) is 20.6. The van der Waals surface area contributed by atoms with Crippen LogP contribution in [0.3, 0.4) is 0 Å². The van der Waals surface area contributed by atoms with Crippen LogP contribution in [0.2, 0.25) is 0 Å². The summed E-state index contributed by atoms with van der Waals surface area (Å²) in [6.07, 6.45) is 5.23. The predicted octanol–water partition coefficient (Wildman–Crippen LogP) is 6.54. The van der Waals surface area contributed by atoms with Crippen molar-refractivity contribution in [2.45, 2.75) is 38.3 Å². The Bertz CT molecular complexity index is 1650. The number of aromatic nitrogens is 3. The van der Waals surface area contributed by atoms with Crippen molar-refractivity contribution in [2.75, 3.05) is 51.4 Å². The van der Waals surface area contributed by atoms with Gasteiger partial charge in [-0.05, 0) is 62.5 Å². The van der Waals surface area contributed by atoms with Crippen molar-refractivity contribution in [2.24, 2.45) is 5.92 Å². The van der Waals surface area contributed by atoms with E-state index >= 15 is 0 Å². The zero-order chi connectivity index (χ0) is 28.5. The molecule has 2 aliphatic heterocycles. The Morgan fingerprint density at radius 3 is 2.60 bits per heavy atom. The molecule has 2 fully saturated rings. The maximum atomic E-state index is 6.17.